The smallest absolute Gasteiger partial charge is 0.434 e. The first kappa shape index (κ1) is 33.1. The van der Waals surface area contributed by atoms with Crippen molar-refractivity contribution in [1.29, 1.82) is 0 Å². The molecule has 0 spiro atoms. The minimum absolute atomic E-state index is 0.0365. The maximum absolute atomic E-state index is 11.3. The van der Waals surface area contributed by atoms with Crippen molar-refractivity contribution in [2.75, 3.05) is 63.8 Å². The van der Waals surface area contributed by atoms with Crippen LogP contribution in [0.5, 0.6) is 17.4 Å². The van der Waals surface area contributed by atoms with Crippen LogP contribution in [0.15, 0.2) is 36.9 Å². The molecule has 1 N–H and O–H groups in total. The normalized spacial score (nSPS) is 18.9. The number of hydrogen-bond donors (Lipinski definition) is 1. The highest BCUT2D eigenvalue weighted by Gasteiger charge is 2.26. The van der Waals surface area contributed by atoms with E-state index in [4.69, 9.17) is 28.9 Å². The number of hydrogen-bond acceptors (Lipinski definition) is 14. The van der Waals surface area contributed by atoms with E-state index in [0.717, 1.165) is 62.0 Å². The fourth-order valence-corrected chi connectivity index (χ4v) is 5.87. The van der Waals surface area contributed by atoms with Crippen LogP contribution in [0.4, 0.5) is 17.7 Å². The van der Waals surface area contributed by atoms with Gasteiger partial charge in [-0.2, -0.15) is 4.98 Å². The second kappa shape index (κ2) is 14.9. The van der Waals surface area contributed by atoms with Gasteiger partial charge in [0.25, 0.3) is 0 Å². The van der Waals surface area contributed by atoms with Crippen molar-refractivity contribution < 1.29 is 23.9 Å². The van der Waals surface area contributed by atoms with E-state index in [2.05, 4.69) is 30.1 Å². The van der Waals surface area contributed by atoms with Crippen molar-refractivity contribution in [3.05, 3.63) is 52.7 Å². The van der Waals surface area contributed by atoms with Crippen LogP contribution >= 0.6 is 0 Å². The highest BCUT2D eigenvalue weighted by molar-refractivity contribution is 5.87. The number of imidazole rings is 1. The summed E-state index contributed by atoms with van der Waals surface area (Å²) in [5, 5.41) is 15.5. The predicted octanol–water partition coefficient (Wildman–Crippen LogP) is 3.78. The molecule has 1 unspecified atom stereocenters. The topological polar surface area (TPSA) is 168 Å². The molecular weight excluding hydrogens is 620 g/mol. The Morgan fingerprint density at radius 2 is 1.77 bits per heavy atom. The standard InChI is InChI=1S/C32H42N10O6/c1-21(28-20-36-32(40(28)4)42(43)44)47-24-15-26-27(33-17-24)16-29(41-10-12-45-13-11-41)38-30(26)48-23-7-5-22(6-8-23)37-31-34-18-25(19-35-31)46-14-9-39(2)3/h15-23H,5-14H2,1-4H3,(H,34,35,37). The molecule has 1 aliphatic heterocycles. The van der Waals surface area contributed by atoms with Crippen molar-refractivity contribution in [1.82, 2.24) is 34.4 Å². The van der Waals surface area contributed by atoms with Crippen LogP contribution in [0.25, 0.3) is 10.9 Å². The monoisotopic (exact) mass is 662 g/mol. The Kier molecular flexibility index (Phi) is 10.3. The van der Waals surface area contributed by atoms with Gasteiger partial charge in [0.1, 0.15) is 30.5 Å². The first-order valence-corrected chi connectivity index (χ1v) is 16.2. The van der Waals surface area contributed by atoms with E-state index >= 15 is 0 Å². The van der Waals surface area contributed by atoms with Gasteiger partial charge in [-0.1, -0.05) is 4.98 Å². The second-order valence-corrected chi connectivity index (χ2v) is 12.3. The number of morpholine rings is 1. The predicted molar refractivity (Wildman–Crippen MR) is 178 cm³/mol. The second-order valence-electron chi connectivity index (χ2n) is 12.3. The van der Waals surface area contributed by atoms with Gasteiger partial charge in [0.2, 0.25) is 11.8 Å². The summed E-state index contributed by atoms with van der Waals surface area (Å²) in [7, 11) is 5.60. The lowest BCUT2D eigenvalue weighted by Crippen LogP contribution is -2.37. The zero-order valence-corrected chi connectivity index (χ0v) is 27.7. The van der Waals surface area contributed by atoms with Gasteiger partial charge in [-0.3, -0.25) is 4.98 Å². The van der Waals surface area contributed by atoms with Gasteiger partial charge in [-0.15, -0.1) is 0 Å². The van der Waals surface area contributed by atoms with Crippen molar-refractivity contribution in [2.45, 2.75) is 50.9 Å². The summed E-state index contributed by atoms with van der Waals surface area (Å²) in [5.41, 5.74) is 1.30. The number of anilines is 2. The molecule has 4 aromatic heterocycles. The number of pyridine rings is 2. The highest BCUT2D eigenvalue weighted by atomic mass is 16.6. The van der Waals surface area contributed by atoms with Gasteiger partial charge in [0.05, 0.1) is 49.8 Å². The van der Waals surface area contributed by atoms with Crippen molar-refractivity contribution in [3.63, 3.8) is 0 Å². The number of nitrogens with one attached hydrogen (secondary N) is 1. The number of fused-ring (bicyclic) bond motifs is 1. The zero-order chi connectivity index (χ0) is 33.6. The Balaban J connectivity index is 1.14. The number of likely N-dealkylation sites (N-methyl/N-ethyl adjacent to an activating group) is 1. The third kappa shape index (κ3) is 7.99. The Labute approximate surface area is 278 Å². The van der Waals surface area contributed by atoms with Crippen LogP contribution in [0.3, 0.4) is 0 Å². The molecule has 1 saturated carbocycles. The molecule has 0 radical (unpaired) electrons. The fourth-order valence-electron chi connectivity index (χ4n) is 5.87. The largest absolute Gasteiger partial charge is 0.489 e. The SMILES string of the molecule is CC(Oc1cnc2cc(N3CCOCC3)nc(OC3CCC(Nc4ncc(OCCN(C)C)cn4)CC3)c2c1)c1cnc([N+](=O)[O-])n1C. The molecule has 16 nitrogen and oxygen atoms in total. The minimum Gasteiger partial charge on any atom is -0.489 e. The van der Waals surface area contributed by atoms with Gasteiger partial charge < -0.3 is 44.2 Å². The average molecular weight is 663 g/mol. The fraction of sp³-hybridized carbons (Fsp3) is 0.531. The van der Waals surface area contributed by atoms with Crippen LogP contribution in [0, 0.1) is 10.1 Å². The van der Waals surface area contributed by atoms with Crippen LogP contribution in [0.2, 0.25) is 0 Å². The first-order chi connectivity index (χ1) is 23.2. The molecule has 1 atom stereocenters. The first-order valence-electron chi connectivity index (χ1n) is 16.2. The summed E-state index contributed by atoms with van der Waals surface area (Å²) in [6.45, 7) is 5.94. The molecule has 1 saturated heterocycles. The molecule has 4 aromatic rings. The van der Waals surface area contributed by atoms with E-state index in [1.807, 2.05) is 33.2 Å². The Morgan fingerprint density at radius 1 is 1.04 bits per heavy atom. The quantitative estimate of drug-likeness (QED) is 0.162. The zero-order valence-electron chi connectivity index (χ0n) is 27.7. The lowest BCUT2D eigenvalue weighted by Gasteiger charge is -2.31. The summed E-state index contributed by atoms with van der Waals surface area (Å²) < 4.78 is 25.5. The Hall–Kier alpha value is -4.83. The van der Waals surface area contributed by atoms with Gasteiger partial charge in [-0.25, -0.2) is 14.5 Å². The van der Waals surface area contributed by atoms with E-state index in [1.165, 1.54) is 10.8 Å². The third-order valence-corrected chi connectivity index (χ3v) is 8.55. The minimum atomic E-state index is -0.520. The lowest BCUT2D eigenvalue weighted by molar-refractivity contribution is -0.396. The molecule has 5 heterocycles. The molecule has 48 heavy (non-hydrogen) atoms. The van der Waals surface area contributed by atoms with E-state index < -0.39 is 11.0 Å². The molecule has 2 fully saturated rings. The molecular formula is C32H42N10O6. The molecule has 256 valence electrons. The molecule has 1 aliphatic carbocycles. The molecule has 2 aliphatic rings. The molecule has 0 bridgehead atoms. The summed E-state index contributed by atoms with van der Waals surface area (Å²) in [6, 6.07) is 4.05. The summed E-state index contributed by atoms with van der Waals surface area (Å²) in [5.74, 6) is 2.77. The maximum atomic E-state index is 11.3. The van der Waals surface area contributed by atoms with Crippen LogP contribution in [0.1, 0.15) is 44.4 Å². The number of ether oxygens (including phenoxy) is 4. The Morgan fingerprint density at radius 3 is 2.46 bits per heavy atom. The maximum Gasteiger partial charge on any atom is 0.434 e. The van der Waals surface area contributed by atoms with Crippen LogP contribution < -0.4 is 24.4 Å². The van der Waals surface area contributed by atoms with E-state index in [-0.39, 0.29) is 18.1 Å². The average Bonchev–Trinajstić information content (AvgIpc) is 3.48. The summed E-state index contributed by atoms with van der Waals surface area (Å²) >= 11 is 0. The van der Waals surface area contributed by atoms with Crippen molar-refractivity contribution >= 4 is 28.6 Å². The Bertz CT molecular complexity index is 1690. The van der Waals surface area contributed by atoms with Gasteiger partial charge in [-0.05, 0) is 57.7 Å². The highest BCUT2D eigenvalue weighted by Crippen LogP contribution is 2.34. The van der Waals surface area contributed by atoms with Crippen molar-refractivity contribution in [3.8, 4) is 17.4 Å². The lowest BCUT2D eigenvalue weighted by atomic mass is 9.93. The number of aromatic nitrogens is 6. The molecule has 0 aromatic carbocycles. The van der Waals surface area contributed by atoms with E-state index in [9.17, 15) is 10.1 Å². The molecule has 16 heteroatoms. The molecule has 0 amide bonds. The number of nitrogens with zero attached hydrogens (tertiary/aromatic N) is 9. The summed E-state index contributed by atoms with van der Waals surface area (Å²) in [6.07, 6.45) is 9.38. The van der Waals surface area contributed by atoms with Crippen LogP contribution in [-0.2, 0) is 11.8 Å². The van der Waals surface area contributed by atoms with Crippen molar-refractivity contribution in [2.24, 2.45) is 7.05 Å². The molecule has 6 rings (SSSR count). The van der Waals surface area contributed by atoms with Gasteiger partial charge >= 0.3 is 5.95 Å². The third-order valence-electron chi connectivity index (χ3n) is 8.55. The summed E-state index contributed by atoms with van der Waals surface area (Å²) in [4.78, 5) is 37.5. The van der Waals surface area contributed by atoms with Gasteiger partial charge in [0.15, 0.2) is 17.5 Å². The van der Waals surface area contributed by atoms with E-state index in [0.29, 0.717) is 48.8 Å². The number of rotatable bonds is 13. The van der Waals surface area contributed by atoms with Crippen LogP contribution in [-0.4, -0.2) is 105 Å². The van der Waals surface area contributed by atoms with E-state index in [1.54, 1.807) is 25.6 Å². The number of nitro groups is 1. The van der Waals surface area contributed by atoms with Gasteiger partial charge in [0, 0.05) is 31.7 Å².